The van der Waals surface area contributed by atoms with E-state index in [1.165, 1.54) is 0 Å². The molecule has 23 heavy (non-hydrogen) atoms. The van der Waals surface area contributed by atoms with Gasteiger partial charge in [-0.2, -0.15) is 9.97 Å². The summed E-state index contributed by atoms with van der Waals surface area (Å²) in [6.45, 7) is 4.17. The van der Waals surface area contributed by atoms with Crippen LogP contribution in [0.25, 0.3) is 11.1 Å². The number of fused-ring (bicyclic) bond motifs is 1. The highest BCUT2D eigenvalue weighted by atomic mass is 16.5. The minimum atomic E-state index is -0.441. The van der Waals surface area contributed by atoms with E-state index in [-0.39, 0.29) is 17.9 Å². The Balaban J connectivity index is 1.58. The van der Waals surface area contributed by atoms with E-state index in [0.29, 0.717) is 23.5 Å². The molecule has 120 valence electrons. The number of nitrogen functional groups attached to an aromatic ring is 1. The van der Waals surface area contributed by atoms with Gasteiger partial charge in [0.2, 0.25) is 0 Å². The predicted octanol–water partition coefficient (Wildman–Crippen LogP) is 2.24. The Bertz CT molecular complexity index is 838. The number of carbonyl (C=O) groups is 1. The Morgan fingerprint density at radius 3 is 2.91 bits per heavy atom. The van der Waals surface area contributed by atoms with Gasteiger partial charge in [0, 0.05) is 12.5 Å². The Morgan fingerprint density at radius 2 is 2.17 bits per heavy atom. The summed E-state index contributed by atoms with van der Waals surface area (Å²) >= 11 is 0. The lowest BCUT2D eigenvalue weighted by Crippen LogP contribution is -2.28. The van der Waals surface area contributed by atoms with Crippen molar-refractivity contribution < 1.29 is 13.7 Å². The molecular weight excluding hydrogens is 300 g/mol. The third kappa shape index (κ3) is 3.39. The SMILES string of the molecule is CC(C)c1noc(NC(=O)NCc2ccc3oc(N)nc3c2)n1. The van der Waals surface area contributed by atoms with Crippen molar-refractivity contribution in [2.75, 3.05) is 11.1 Å². The van der Waals surface area contributed by atoms with Crippen molar-refractivity contribution in [2.45, 2.75) is 26.3 Å². The van der Waals surface area contributed by atoms with E-state index in [4.69, 9.17) is 14.7 Å². The van der Waals surface area contributed by atoms with E-state index < -0.39 is 6.03 Å². The summed E-state index contributed by atoms with van der Waals surface area (Å²) in [5.74, 6) is 0.661. The van der Waals surface area contributed by atoms with Gasteiger partial charge in [0.15, 0.2) is 11.4 Å². The highest BCUT2D eigenvalue weighted by molar-refractivity contribution is 5.87. The molecule has 0 saturated carbocycles. The fourth-order valence-corrected chi connectivity index (χ4v) is 1.94. The zero-order valence-electron chi connectivity index (χ0n) is 12.7. The number of amides is 2. The van der Waals surface area contributed by atoms with Crippen molar-refractivity contribution in [1.29, 1.82) is 0 Å². The first kappa shape index (κ1) is 14.8. The number of nitrogens with one attached hydrogen (secondary N) is 2. The summed E-state index contributed by atoms with van der Waals surface area (Å²) in [4.78, 5) is 19.9. The molecule has 1 aromatic carbocycles. The van der Waals surface area contributed by atoms with Gasteiger partial charge in [0.05, 0.1) is 0 Å². The lowest BCUT2D eigenvalue weighted by Gasteiger charge is -2.04. The summed E-state index contributed by atoms with van der Waals surface area (Å²) in [5, 5.41) is 8.94. The summed E-state index contributed by atoms with van der Waals surface area (Å²) in [5.41, 5.74) is 7.59. The van der Waals surface area contributed by atoms with Gasteiger partial charge in [-0.15, -0.1) is 0 Å². The van der Waals surface area contributed by atoms with E-state index >= 15 is 0 Å². The lowest BCUT2D eigenvalue weighted by molar-refractivity contribution is 0.250. The fraction of sp³-hybridized carbons (Fsp3) is 0.286. The van der Waals surface area contributed by atoms with Crippen molar-refractivity contribution in [3.63, 3.8) is 0 Å². The molecule has 0 saturated heterocycles. The molecule has 0 aliphatic rings. The lowest BCUT2D eigenvalue weighted by atomic mass is 10.2. The number of nitrogens with zero attached hydrogens (tertiary/aromatic N) is 3. The molecule has 3 aromatic rings. The first-order valence-electron chi connectivity index (χ1n) is 7.04. The molecule has 0 aliphatic heterocycles. The topological polar surface area (TPSA) is 132 Å². The number of benzene rings is 1. The number of nitrogens with two attached hydrogens (primary N) is 1. The molecule has 2 heterocycles. The zero-order chi connectivity index (χ0) is 16.4. The molecule has 2 amide bonds. The van der Waals surface area contributed by atoms with Gasteiger partial charge in [0.25, 0.3) is 6.01 Å². The van der Waals surface area contributed by atoms with E-state index in [2.05, 4.69) is 25.8 Å². The second kappa shape index (κ2) is 5.95. The normalized spacial score (nSPS) is 11.1. The number of hydrogen-bond acceptors (Lipinski definition) is 7. The Kier molecular flexibility index (Phi) is 3.83. The number of urea groups is 1. The smallest absolute Gasteiger partial charge is 0.329 e. The van der Waals surface area contributed by atoms with Crippen LogP contribution in [0.15, 0.2) is 27.1 Å². The Labute approximate surface area is 131 Å². The van der Waals surface area contributed by atoms with Crippen LogP contribution in [0.2, 0.25) is 0 Å². The van der Waals surface area contributed by atoms with Crippen LogP contribution in [0.5, 0.6) is 0 Å². The molecule has 0 radical (unpaired) electrons. The van der Waals surface area contributed by atoms with Crippen LogP contribution in [0.1, 0.15) is 31.2 Å². The van der Waals surface area contributed by atoms with Gasteiger partial charge in [0.1, 0.15) is 5.52 Å². The van der Waals surface area contributed by atoms with E-state index in [1.807, 2.05) is 19.9 Å². The Hall–Kier alpha value is -3.10. The van der Waals surface area contributed by atoms with Gasteiger partial charge in [-0.1, -0.05) is 25.1 Å². The molecule has 0 fully saturated rings. The molecule has 0 bridgehead atoms. The summed E-state index contributed by atoms with van der Waals surface area (Å²) in [6, 6.07) is 5.09. The summed E-state index contributed by atoms with van der Waals surface area (Å²) in [6.07, 6.45) is 0. The van der Waals surface area contributed by atoms with E-state index in [0.717, 1.165) is 5.56 Å². The van der Waals surface area contributed by atoms with Gasteiger partial charge in [-0.3, -0.25) is 5.32 Å². The molecule has 0 unspecified atom stereocenters. The minimum Gasteiger partial charge on any atom is -0.424 e. The van der Waals surface area contributed by atoms with Gasteiger partial charge >= 0.3 is 12.0 Å². The van der Waals surface area contributed by atoms with Crippen LogP contribution in [0.3, 0.4) is 0 Å². The molecular formula is C14H16N6O3. The largest absolute Gasteiger partial charge is 0.424 e. The standard InChI is InChI=1S/C14H16N6O3/c1-7(2)11-18-14(23-20-11)19-13(21)16-6-8-3-4-10-9(5-8)17-12(15)22-10/h3-5,7H,6H2,1-2H3,(H2,15,17)(H2,16,18,19,20,21). The van der Waals surface area contributed by atoms with Crippen molar-refractivity contribution in [1.82, 2.24) is 20.4 Å². The maximum Gasteiger partial charge on any atom is 0.329 e. The van der Waals surface area contributed by atoms with Crippen LogP contribution in [-0.2, 0) is 6.54 Å². The zero-order valence-corrected chi connectivity index (χ0v) is 12.7. The van der Waals surface area contributed by atoms with Crippen LogP contribution in [-0.4, -0.2) is 21.2 Å². The molecule has 2 aromatic heterocycles. The van der Waals surface area contributed by atoms with E-state index in [9.17, 15) is 4.79 Å². The summed E-state index contributed by atoms with van der Waals surface area (Å²) < 4.78 is 10.1. The average molecular weight is 316 g/mol. The maximum atomic E-state index is 11.8. The third-order valence-electron chi connectivity index (χ3n) is 3.10. The second-order valence-corrected chi connectivity index (χ2v) is 5.27. The first-order chi connectivity index (χ1) is 11.0. The van der Waals surface area contributed by atoms with Crippen molar-refractivity contribution >= 4 is 29.2 Å². The highest BCUT2D eigenvalue weighted by Gasteiger charge is 2.12. The second-order valence-electron chi connectivity index (χ2n) is 5.27. The molecule has 0 aliphatic carbocycles. The molecule has 9 nitrogen and oxygen atoms in total. The quantitative estimate of drug-likeness (QED) is 0.672. The van der Waals surface area contributed by atoms with Crippen LogP contribution >= 0.6 is 0 Å². The van der Waals surface area contributed by atoms with Crippen molar-refractivity contribution in [2.24, 2.45) is 0 Å². The van der Waals surface area contributed by atoms with Gasteiger partial charge < -0.3 is 20.0 Å². The van der Waals surface area contributed by atoms with Crippen LogP contribution in [0.4, 0.5) is 16.8 Å². The number of rotatable bonds is 4. The monoisotopic (exact) mass is 316 g/mol. The molecule has 9 heteroatoms. The first-order valence-corrected chi connectivity index (χ1v) is 7.04. The number of anilines is 2. The molecule has 3 rings (SSSR count). The summed E-state index contributed by atoms with van der Waals surface area (Å²) in [7, 11) is 0. The number of oxazole rings is 1. The Morgan fingerprint density at radius 1 is 1.35 bits per heavy atom. The van der Waals surface area contributed by atoms with E-state index in [1.54, 1.807) is 12.1 Å². The number of aromatic nitrogens is 3. The fourth-order valence-electron chi connectivity index (χ4n) is 1.94. The maximum absolute atomic E-state index is 11.8. The van der Waals surface area contributed by atoms with Gasteiger partial charge in [-0.25, -0.2) is 4.79 Å². The predicted molar refractivity (Wildman–Crippen MR) is 82.7 cm³/mol. The molecule has 4 N–H and O–H groups in total. The van der Waals surface area contributed by atoms with Crippen molar-refractivity contribution in [3.8, 4) is 0 Å². The number of hydrogen-bond donors (Lipinski definition) is 3. The minimum absolute atomic E-state index is 0.0610. The average Bonchev–Trinajstić information content (AvgIpc) is 3.10. The van der Waals surface area contributed by atoms with Crippen LogP contribution in [0, 0.1) is 0 Å². The van der Waals surface area contributed by atoms with Crippen LogP contribution < -0.4 is 16.4 Å². The molecule has 0 atom stereocenters. The van der Waals surface area contributed by atoms with Crippen molar-refractivity contribution in [3.05, 3.63) is 29.6 Å². The third-order valence-corrected chi connectivity index (χ3v) is 3.10. The van der Waals surface area contributed by atoms with Gasteiger partial charge in [-0.05, 0) is 17.7 Å². The highest BCUT2D eigenvalue weighted by Crippen LogP contribution is 2.18. The molecule has 0 spiro atoms. The number of carbonyl (C=O) groups excluding carboxylic acids is 1.